The lowest BCUT2D eigenvalue weighted by Crippen LogP contribution is -2.34. The maximum atomic E-state index is 3.44. The first-order valence-electron chi connectivity index (χ1n) is 7.70. The van der Waals surface area contributed by atoms with Crippen molar-refractivity contribution in [3.8, 4) is 0 Å². The van der Waals surface area contributed by atoms with Gasteiger partial charge in [0.25, 0.3) is 0 Å². The second-order valence-electron chi connectivity index (χ2n) is 5.93. The molecule has 0 bridgehead atoms. The Labute approximate surface area is 118 Å². The van der Waals surface area contributed by atoms with Crippen LogP contribution in [0.5, 0.6) is 0 Å². The van der Waals surface area contributed by atoms with Crippen molar-refractivity contribution in [2.75, 3.05) is 26.7 Å². The molecule has 0 spiro atoms. The van der Waals surface area contributed by atoms with E-state index in [0.29, 0.717) is 5.92 Å². The molecular formula is C17H28N2. The quantitative estimate of drug-likeness (QED) is 0.846. The van der Waals surface area contributed by atoms with Crippen LogP contribution in [0.1, 0.15) is 43.7 Å². The molecule has 106 valence electrons. The summed E-state index contributed by atoms with van der Waals surface area (Å²) in [4.78, 5) is 2.50. The van der Waals surface area contributed by atoms with E-state index in [1.54, 1.807) is 0 Å². The third kappa shape index (κ3) is 4.05. The minimum Gasteiger partial charge on any atom is -0.315 e. The van der Waals surface area contributed by atoms with Crippen LogP contribution in [0.25, 0.3) is 0 Å². The van der Waals surface area contributed by atoms with Crippen LogP contribution < -0.4 is 5.32 Å². The molecule has 2 unspecified atom stereocenters. The van der Waals surface area contributed by atoms with E-state index >= 15 is 0 Å². The van der Waals surface area contributed by atoms with Crippen molar-refractivity contribution >= 4 is 0 Å². The molecule has 1 aliphatic rings. The molecule has 1 saturated heterocycles. The molecule has 19 heavy (non-hydrogen) atoms. The monoisotopic (exact) mass is 260 g/mol. The molecular weight excluding hydrogens is 232 g/mol. The van der Waals surface area contributed by atoms with Gasteiger partial charge in [0, 0.05) is 19.1 Å². The van der Waals surface area contributed by atoms with E-state index in [-0.39, 0.29) is 0 Å². The van der Waals surface area contributed by atoms with E-state index in [1.807, 2.05) is 0 Å². The fraction of sp³-hybridized carbons (Fsp3) is 0.647. The van der Waals surface area contributed by atoms with Crippen molar-refractivity contribution in [3.63, 3.8) is 0 Å². The fourth-order valence-corrected chi connectivity index (χ4v) is 2.75. The second-order valence-corrected chi connectivity index (χ2v) is 5.93. The first kappa shape index (κ1) is 14.5. The van der Waals surface area contributed by atoms with Crippen molar-refractivity contribution in [1.82, 2.24) is 10.2 Å². The summed E-state index contributed by atoms with van der Waals surface area (Å²) in [5.74, 6) is 0.682. The van der Waals surface area contributed by atoms with Gasteiger partial charge in [-0.25, -0.2) is 0 Å². The van der Waals surface area contributed by atoms with Crippen LogP contribution in [0.2, 0.25) is 0 Å². The summed E-state index contributed by atoms with van der Waals surface area (Å²) in [6, 6.07) is 9.96. The van der Waals surface area contributed by atoms with Crippen molar-refractivity contribution < 1.29 is 0 Å². The smallest absolute Gasteiger partial charge is 0.0229 e. The Balaban J connectivity index is 1.82. The number of hydrogen-bond acceptors (Lipinski definition) is 2. The summed E-state index contributed by atoms with van der Waals surface area (Å²) in [7, 11) is 2.26. The summed E-state index contributed by atoms with van der Waals surface area (Å²) in [5.41, 5.74) is 2.93. The predicted octanol–water partition coefficient (Wildman–Crippen LogP) is 3.04. The average molecular weight is 260 g/mol. The van der Waals surface area contributed by atoms with Gasteiger partial charge in [-0.15, -0.1) is 0 Å². The first-order chi connectivity index (χ1) is 9.20. The number of likely N-dealkylation sites (N-methyl/N-ethyl adjacent to an activating group) is 1. The van der Waals surface area contributed by atoms with Crippen molar-refractivity contribution in [3.05, 3.63) is 35.4 Å². The van der Waals surface area contributed by atoms with E-state index < -0.39 is 0 Å². The predicted molar refractivity (Wildman–Crippen MR) is 82.8 cm³/mol. The number of rotatable bonds is 6. The van der Waals surface area contributed by atoms with Gasteiger partial charge < -0.3 is 10.2 Å². The molecule has 0 aromatic heterocycles. The minimum atomic E-state index is 0.682. The van der Waals surface area contributed by atoms with Crippen LogP contribution >= 0.6 is 0 Å². The molecule has 0 amide bonds. The van der Waals surface area contributed by atoms with Gasteiger partial charge >= 0.3 is 0 Å². The van der Waals surface area contributed by atoms with E-state index in [0.717, 1.165) is 25.6 Å². The summed E-state index contributed by atoms with van der Waals surface area (Å²) in [6.45, 7) is 8.05. The summed E-state index contributed by atoms with van der Waals surface area (Å²) in [6.07, 6.45) is 3.67. The Morgan fingerprint density at radius 3 is 2.63 bits per heavy atom. The number of nitrogens with zero attached hydrogens (tertiary/aromatic N) is 1. The second kappa shape index (κ2) is 7.06. The number of nitrogens with one attached hydrogen (secondary N) is 1. The highest BCUT2D eigenvalue weighted by Gasteiger charge is 2.18. The molecule has 1 aromatic carbocycles. The van der Waals surface area contributed by atoms with E-state index in [4.69, 9.17) is 0 Å². The summed E-state index contributed by atoms with van der Waals surface area (Å²) < 4.78 is 0. The summed E-state index contributed by atoms with van der Waals surface area (Å²) in [5, 5.41) is 3.44. The van der Waals surface area contributed by atoms with Gasteiger partial charge in [-0.2, -0.15) is 0 Å². The highest BCUT2D eigenvalue weighted by Crippen LogP contribution is 2.19. The third-order valence-electron chi connectivity index (χ3n) is 4.57. The van der Waals surface area contributed by atoms with Crippen LogP contribution in [0.3, 0.4) is 0 Å². The number of benzene rings is 1. The Bertz CT molecular complexity index is 365. The van der Waals surface area contributed by atoms with Crippen molar-refractivity contribution in [2.24, 2.45) is 0 Å². The van der Waals surface area contributed by atoms with E-state index in [9.17, 15) is 0 Å². The van der Waals surface area contributed by atoms with Crippen LogP contribution in [-0.4, -0.2) is 37.6 Å². The van der Waals surface area contributed by atoms with Crippen molar-refractivity contribution in [1.29, 1.82) is 0 Å². The highest BCUT2D eigenvalue weighted by molar-refractivity contribution is 5.25. The Kier molecular flexibility index (Phi) is 5.41. The topological polar surface area (TPSA) is 15.3 Å². The molecule has 2 rings (SSSR count). The zero-order chi connectivity index (χ0) is 13.7. The molecule has 1 heterocycles. The largest absolute Gasteiger partial charge is 0.315 e. The normalized spacial score (nSPS) is 20.9. The third-order valence-corrected chi connectivity index (χ3v) is 4.57. The molecule has 1 aliphatic heterocycles. The Morgan fingerprint density at radius 1 is 1.32 bits per heavy atom. The van der Waals surface area contributed by atoms with Gasteiger partial charge in [0.05, 0.1) is 0 Å². The van der Waals surface area contributed by atoms with E-state index in [2.05, 4.69) is 55.4 Å². The zero-order valence-electron chi connectivity index (χ0n) is 12.7. The lowest BCUT2D eigenvalue weighted by atomic mass is 9.97. The standard InChI is InChI=1S/C17H28N2/c1-4-14(2)16-7-5-15(6-8-16)10-12-19(3)17-9-11-18-13-17/h5-8,14,17-18H,4,9-13H2,1-3H3. The van der Waals surface area contributed by atoms with E-state index in [1.165, 1.54) is 30.5 Å². The maximum absolute atomic E-state index is 3.44. The molecule has 2 nitrogen and oxygen atoms in total. The van der Waals surface area contributed by atoms with Gasteiger partial charge in [0.1, 0.15) is 0 Å². The van der Waals surface area contributed by atoms with Crippen LogP contribution in [-0.2, 0) is 6.42 Å². The van der Waals surface area contributed by atoms with Crippen LogP contribution in [0, 0.1) is 0 Å². The zero-order valence-corrected chi connectivity index (χ0v) is 12.7. The lowest BCUT2D eigenvalue weighted by molar-refractivity contribution is 0.260. The van der Waals surface area contributed by atoms with Crippen LogP contribution in [0.4, 0.5) is 0 Å². The lowest BCUT2D eigenvalue weighted by Gasteiger charge is -2.23. The fourth-order valence-electron chi connectivity index (χ4n) is 2.75. The molecule has 0 radical (unpaired) electrons. The molecule has 2 atom stereocenters. The molecule has 0 saturated carbocycles. The first-order valence-corrected chi connectivity index (χ1v) is 7.70. The Hall–Kier alpha value is -0.860. The summed E-state index contributed by atoms with van der Waals surface area (Å²) >= 11 is 0. The molecule has 1 N–H and O–H groups in total. The molecule has 1 fully saturated rings. The van der Waals surface area contributed by atoms with Crippen LogP contribution in [0.15, 0.2) is 24.3 Å². The van der Waals surface area contributed by atoms with Gasteiger partial charge in [-0.05, 0) is 49.9 Å². The average Bonchev–Trinajstić information content (AvgIpc) is 2.98. The van der Waals surface area contributed by atoms with Crippen molar-refractivity contribution in [2.45, 2.75) is 45.1 Å². The molecule has 2 heteroatoms. The SMILES string of the molecule is CCC(C)c1ccc(CCN(C)C2CCNC2)cc1. The van der Waals surface area contributed by atoms with Gasteiger partial charge in [0.2, 0.25) is 0 Å². The number of hydrogen-bond donors (Lipinski definition) is 1. The molecule has 1 aromatic rings. The minimum absolute atomic E-state index is 0.682. The maximum Gasteiger partial charge on any atom is 0.0229 e. The van der Waals surface area contributed by atoms with Gasteiger partial charge in [-0.3, -0.25) is 0 Å². The van der Waals surface area contributed by atoms with Gasteiger partial charge in [-0.1, -0.05) is 38.1 Å². The van der Waals surface area contributed by atoms with Gasteiger partial charge in [0.15, 0.2) is 0 Å². The molecule has 0 aliphatic carbocycles. The Morgan fingerprint density at radius 2 is 2.05 bits per heavy atom. The highest BCUT2D eigenvalue weighted by atomic mass is 15.2.